The highest BCUT2D eigenvalue weighted by atomic mass is 15.1. The lowest BCUT2D eigenvalue weighted by Gasteiger charge is -2.39. The van der Waals surface area contributed by atoms with E-state index in [0.717, 1.165) is 17.1 Å². The second-order valence-corrected chi connectivity index (χ2v) is 14.9. The highest BCUT2D eigenvalue weighted by molar-refractivity contribution is 6.10. The maximum absolute atomic E-state index is 2.41. The molecule has 10 rings (SSSR count). The third-order valence-corrected chi connectivity index (χ3v) is 11.8. The van der Waals surface area contributed by atoms with Gasteiger partial charge in [0.25, 0.3) is 0 Å². The molecule has 2 nitrogen and oxygen atoms in total. The van der Waals surface area contributed by atoms with E-state index in [9.17, 15) is 0 Å². The van der Waals surface area contributed by atoms with Gasteiger partial charge in [0.05, 0.1) is 11.0 Å². The van der Waals surface area contributed by atoms with Crippen molar-refractivity contribution in [3.63, 3.8) is 0 Å². The lowest BCUT2D eigenvalue weighted by Crippen LogP contribution is -2.30. The first-order valence-corrected chi connectivity index (χ1v) is 19.4. The molecule has 8 aromatic carbocycles. The van der Waals surface area contributed by atoms with Crippen LogP contribution in [0.3, 0.4) is 0 Å². The molecule has 1 aliphatic carbocycles. The fourth-order valence-electron chi connectivity index (χ4n) is 9.16. The average Bonchev–Trinajstić information content (AvgIpc) is 3.59. The van der Waals surface area contributed by atoms with E-state index in [1.54, 1.807) is 0 Å². The third-order valence-electron chi connectivity index (χ3n) is 11.8. The zero-order valence-electron chi connectivity index (χ0n) is 30.4. The number of hydrogen-bond donors (Lipinski definition) is 0. The number of nitrogens with zero attached hydrogens (tertiary/aromatic N) is 2. The van der Waals surface area contributed by atoms with Crippen molar-refractivity contribution >= 4 is 49.6 Å². The number of fused-ring (bicyclic) bond motifs is 4. The maximum Gasteiger partial charge on any atom is 0.0541 e. The van der Waals surface area contributed by atoms with Gasteiger partial charge in [-0.1, -0.05) is 147 Å². The number of rotatable bonds is 7. The zero-order chi connectivity index (χ0) is 35.9. The Morgan fingerprint density at radius 2 is 0.963 bits per heavy atom. The van der Waals surface area contributed by atoms with Crippen LogP contribution >= 0.6 is 0 Å². The first-order valence-electron chi connectivity index (χ1n) is 19.4. The van der Waals surface area contributed by atoms with Crippen LogP contribution in [0.25, 0.3) is 49.4 Å². The second-order valence-electron chi connectivity index (χ2n) is 14.9. The first-order chi connectivity index (χ1) is 26.7. The van der Waals surface area contributed by atoms with Crippen LogP contribution in [0.1, 0.15) is 43.2 Å². The minimum atomic E-state index is 0.0714. The predicted molar refractivity (Wildman–Crippen MR) is 229 cm³/mol. The van der Waals surface area contributed by atoms with Crippen molar-refractivity contribution in [2.24, 2.45) is 0 Å². The standard InChI is InChI=1S/C52H42N2/c1-4-16-42(17-5-1)52(34-12-3-13-35-52)43-26-31-46(32-27-43)53(47-30-24-38-14-8-9-15-40(38)36-47)45-28-22-39(23-29-45)41-25-33-51-49(37-41)48-20-10-11-21-50(48)54(51)44-18-6-2-7-19-44/h1-2,4-11,14-33,36-37H,3,12-13,34-35H2. The van der Waals surface area contributed by atoms with E-state index < -0.39 is 0 Å². The lowest BCUT2D eigenvalue weighted by atomic mass is 9.65. The molecule has 0 atom stereocenters. The van der Waals surface area contributed by atoms with Gasteiger partial charge in [0.2, 0.25) is 0 Å². The Balaban J connectivity index is 1.05. The van der Waals surface area contributed by atoms with Crippen LogP contribution < -0.4 is 4.90 Å². The van der Waals surface area contributed by atoms with Crippen molar-refractivity contribution in [3.05, 3.63) is 205 Å². The molecule has 1 aromatic heterocycles. The van der Waals surface area contributed by atoms with Gasteiger partial charge >= 0.3 is 0 Å². The molecule has 1 saturated carbocycles. The summed E-state index contributed by atoms with van der Waals surface area (Å²) in [5.41, 5.74) is 12.4. The van der Waals surface area contributed by atoms with Gasteiger partial charge in [-0.25, -0.2) is 0 Å². The highest BCUT2D eigenvalue weighted by Crippen LogP contribution is 2.46. The van der Waals surface area contributed by atoms with Crippen LogP contribution in [0, 0.1) is 0 Å². The third kappa shape index (κ3) is 5.58. The average molecular weight is 695 g/mol. The Bertz CT molecular complexity index is 2720. The smallest absolute Gasteiger partial charge is 0.0541 e. The Labute approximate surface area is 317 Å². The molecule has 0 radical (unpaired) electrons. The summed E-state index contributed by atoms with van der Waals surface area (Å²) in [4.78, 5) is 2.41. The monoisotopic (exact) mass is 694 g/mol. The molecule has 2 heteroatoms. The van der Waals surface area contributed by atoms with Crippen LogP contribution in [0.2, 0.25) is 0 Å². The van der Waals surface area contributed by atoms with Crippen molar-refractivity contribution < 1.29 is 0 Å². The fraction of sp³-hybridized carbons (Fsp3) is 0.115. The number of para-hydroxylation sites is 2. The molecular formula is C52H42N2. The van der Waals surface area contributed by atoms with Gasteiger partial charge in [0.15, 0.2) is 0 Å². The van der Waals surface area contributed by atoms with E-state index in [0.29, 0.717) is 0 Å². The Morgan fingerprint density at radius 1 is 0.389 bits per heavy atom. The summed E-state index contributed by atoms with van der Waals surface area (Å²) in [6.45, 7) is 0. The summed E-state index contributed by atoms with van der Waals surface area (Å²) >= 11 is 0. The molecule has 1 fully saturated rings. The van der Waals surface area contributed by atoms with Gasteiger partial charge in [0.1, 0.15) is 0 Å². The van der Waals surface area contributed by atoms with Crippen molar-refractivity contribution in [3.8, 4) is 16.8 Å². The quantitative estimate of drug-likeness (QED) is 0.161. The van der Waals surface area contributed by atoms with E-state index in [1.807, 2.05) is 0 Å². The Morgan fingerprint density at radius 3 is 1.72 bits per heavy atom. The summed E-state index contributed by atoms with van der Waals surface area (Å²) in [7, 11) is 0. The molecule has 0 saturated heterocycles. The van der Waals surface area contributed by atoms with Gasteiger partial charge in [0, 0.05) is 38.9 Å². The fourth-order valence-corrected chi connectivity index (χ4v) is 9.16. The number of hydrogen-bond acceptors (Lipinski definition) is 1. The van der Waals surface area contributed by atoms with Crippen LogP contribution in [-0.2, 0) is 5.41 Å². The van der Waals surface area contributed by atoms with E-state index in [2.05, 4.69) is 204 Å². The minimum Gasteiger partial charge on any atom is -0.310 e. The van der Waals surface area contributed by atoms with Crippen LogP contribution in [0.5, 0.6) is 0 Å². The molecule has 0 amide bonds. The normalized spacial score (nSPS) is 14.1. The summed E-state index contributed by atoms with van der Waals surface area (Å²) in [5, 5.41) is 5.02. The molecule has 54 heavy (non-hydrogen) atoms. The van der Waals surface area contributed by atoms with Crippen molar-refractivity contribution in [1.29, 1.82) is 0 Å². The summed E-state index contributed by atoms with van der Waals surface area (Å²) in [5.74, 6) is 0. The second kappa shape index (κ2) is 13.5. The van der Waals surface area contributed by atoms with Gasteiger partial charge in [-0.3, -0.25) is 0 Å². The lowest BCUT2D eigenvalue weighted by molar-refractivity contribution is 0.346. The van der Waals surface area contributed by atoms with Crippen molar-refractivity contribution in [2.75, 3.05) is 4.90 Å². The molecule has 0 unspecified atom stereocenters. The van der Waals surface area contributed by atoms with Gasteiger partial charge in [-0.15, -0.1) is 0 Å². The van der Waals surface area contributed by atoms with E-state index in [4.69, 9.17) is 0 Å². The Kier molecular flexibility index (Phi) is 8.10. The predicted octanol–water partition coefficient (Wildman–Crippen LogP) is 14.3. The molecule has 0 N–H and O–H groups in total. The molecule has 0 spiro atoms. The number of benzene rings is 8. The SMILES string of the molecule is c1ccc(-n2c3ccccc3c3cc(-c4ccc(N(c5ccc(C6(c7ccccc7)CCCCC6)cc5)c5ccc6ccccc6c5)cc4)ccc32)cc1. The highest BCUT2D eigenvalue weighted by Gasteiger charge is 2.35. The molecule has 1 heterocycles. The number of anilines is 3. The zero-order valence-corrected chi connectivity index (χ0v) is 30.4. The van der Waals surface area contributed by atoms with E-state index >= 15 is 0 Å². The molecule has 0 aliphatic heterocycles. The maximum atomic E-state index is 2.41. The van der Waals surface area contributed by atoms with Crippen molar-refractivity contribution in [2.45, 2.75) is 37.5 Å². The Hall–Kier alpha value is -6.38. The molecule has 0 bridgehead atoms. The summed E-state index contributed by atoms with van der Waals surface area (Å²) < 4.78 is 2.38. The summed E-state index contributed by atoms with van der Waals surface area (Å²) in [6.07, 6.45) is 6.27. The van der Waals surface area contributed by atoms with Gasteiger partial charge in [-0.05, 0) is 113 Å². The molecular weight excluding hydrogens is 653 g/mol. The van der Waals surface area contributed by atoms with Crippen LogP contribution in [0.4, 0.5) is 17.1 Å². The number of aromatic nitrogens is 1. The van der Waals surface area contributed by atoms with Crippen LogP contribution in [0.15, 0.2) is 194 Å². The van der Waals surface area contributed by atoms with E-state index in [1.165, 1.54) is 92.6 Å². The van der Waals surface area contributed by atoms with Gasteiger partial charge in [-0.2, -0.15) is 0 Å². The van der Waals surface area contributed by atoms with Gasteiger partial charge < -0.3 is 9.47 Å². The van der Waals surface area contributed by atoms with Crippen molar-refractivity contribution in [1.82, 2.24) is 4.57 Å². The van der Waals surface area contributed by atoms with E-state index in [-0.39, 0.29) is 5.41 Å². The largest absolute Gasteiger partial charge is 0.310 e. The molecule has 260 valence electrons. The minimum absolute atomic E-state index is 0.0714. The molecule has 9 aromatic rings. The molecule has 1 aliphatic rings. The first kappa shape index (κ1) is 32.3. The van der Waals surface area contributed by atoms with Crippen LogP contribution in [-0.4, -0.2) is 4.57 Å². The topological polar surface area (TPSA) is 8.17 Å². The summed E-state index contributed by atoms with van der Waals surface area (Å²) in [6, 6.07) is 71.6.